The molecule has 0 atom stereocenters. The van der Waals surface area contributed by atoms with Crippen molar-refractivity contribution in [1.29, 1.82) is 0 Å². The van der Waals surface area contributed by atoms with E-state index in [1.54, 1.807) is 19.1 Å². The van der Waals surface area contributed by atoms with Gasteiger partial charge in [-0.1, -0.05) is 0 Å². The van der Waals surface area contributed by atoms with E-state index >= 15 is 0 Å². The van der Waals surface area contributed by atoms with Crippen LogP contribution in [0.25, 0.3) is 10.1 Å². The first-order valence-corrected chi connectivity index (χ1v) is 12.7. The minimum atomic E-state index is -0.183. The highest BCUT2D eigenvalue weighted by molar-refractivity contribution is 7.13. The third-order valence-corrected chi connectivity index (χ3v) is 8.92. The minimum Gasteiger partial charge on any atom is -0.337 e. The molecule has 2 aliphatic rings. The lowest BCUT2D eigenvalue weighted by Crippen LogP contribution is -2.35. The van der Waals surface area contributed by atoms with Crippen molar-refractivity contribution < 1.29 is 9.18 Å². The number of piperidine rings is 1. The van der Waals surface area contributed by atoms with Crippen molar-refractivity contribution in [3.8, 4) is 0 Å². The minimum absolute atomic E-state index is 0.180. The molecule has 3 aromatic rings. The van der Waals surface area contributed by atoms with Crippen LogP contribution >= 0.6 is 22.9 Å². The second-order valence-corrected chi connectivity index (χ2v) is 10.9. The third-order valence-electron chi connectivity index (χ3n) is 6.93. The first-order chi connectivity index (χ1) is 15.0. The van der Waals surface area contributed by atoms with Crippen molar-refractivity contribution in [3.05, 3.63) is 50.6 Å². The van der Waals surface area contributed by atoms with Gasteiger partial charge in [0.1, 0.15) is 5.82 Å². The van der Waals surface area contributed by atoms with Crippen molar-refractivity contribution in [2.75, 3.05) is 26.2 Å². The molecule has 1 amide bonds. The summed E-state index contributed by atoms with van der Waals surface area (Å²) in [6.45, 7) is 8.82. The number of halogens is 1. The number of carbonyl (C=O) groups excluding carboxylic acids is 1. The van der Waals surface area contributed by atoms with Crippen molar-refractivity contribution in [2.45, 2.75) is 52.0 Å². The molecule has 164 valence electrons. The average molecular weight is 458 g/mol. The number of aromatic nitrogens is 1. The average Bonchev–Trinajstić information content (AvgIpc) is 3.31. The maximum Gasteiger partial charge on any atom is 0.219 e. The van der Waals surface area contributed by atoms with Gasteiger partial charge in [0.2, 0.25) is 5.91 Å². The van der Waals surface area contributed by atoms with Gasteiger partial charge in [0.15, 0.2) is 0 Å². The molecule has 1 saturated heterocycles. The number of thiophene rings is 1. The van der Waals surface area contributed by atoms with Crippen LogP contribution in [-0.2, 0) is 24.2 Å². The number of nitrogens with zero attached hydrogens (tertiary/aromatic N) is 3. The van der Waals surface area contributed by atoms with E-state index in [0.717, 1.165) is 74.2 Å². The smallest absolute Gasteiger partial charge is 0.219 e. The maximum absolute atomic E-state index is 13.5. The maximum atomic E-state index is 13.5. The number of carbonyl (C=O) groups is 1. The lowest BCUT2D eigenvalue weighted by atomic mass is 9.91. The molecule has 7 heteroatoms. The molecule has 5 rings (SSSR count). The van der Waals surface area contributed by atoms with Crippen LogP contribution in [0.15, 0.2) is 18.2 Å². The van der Waals surface area contributed by atoms with Crippen LogP contribution in [0.3, 0.4) is 0 Å². The molecule has 2 aromatic heterocycles. The highest BCUT2D eigenvalue weighted by Gasteiger charge is 2.26. The van der Waals surface area contributed by atoms with Crippen molar-refractivity contribution in [1.82, 2.24) is 14.2 Å². The number of benzene rings is 1. The zero-order valence-electron chi connectivity index (χ0n) is 18.1. The Morgan fingerprint density at radius 2 is 2.06 bits per heavy atom. The second kappa shape index (κ2) is 8.60. The van der Waals surface area contributed by atoms with Crippen LogP contribution in [0.2, 0.25) is 0 Å². The van der Waals surface area contributed by atoms with Gasteiger partial charge in [-0.3, -0.25) is 4.79 Å². The summed E-state index contributed by atoms with van der Waals surface area (Å²) in [4.78, 5) is 19.1. The summed E-state index contributed by atoms with van der Waals surface area (Å²) in [7, 11) is 0. The lowest BCUT2D eigenvalue weighted by molar-refractivity contribution is -0.129. The Hall–Kier alpha value is -1.83. The lowest BCUT2D eigenvalue weighted by Gasteiger charge is -2.31. The number of likely N-dealkylation sites (tertiary alicyclic amines) is 1. The topological polar surface area (TPSA) is 36.4 Å². The predicted octanol–water partition coefficient (Wildman–Crippen LogP) is 5.13. The zero-order valence-corrected chi connectivity index (χ0v) is 19.8. The van der Waals surface area contributed by atoms with E-state index in [4.69, 9.17) is 0 Å². The standard InChI is InChI=1S/C24H28FN3OS2/c1-15-19(20-8-12-28(16(2)29)14-23(20)30-15)7-11-27-9-5-17(6-10-27)24-21-4-3-18(25)13-22(21)31-26-24/h3-4,13,17H,5-12,14H2,1-2H3. The van der Waals surface area contributed by atoms with Crippen molar-refractivity contribution in [3.63, 3.8) is 0 Å². The largest absolute Gasteiger partial charge is 0.337 e. The molecular weight excluding hydrogens is 429 g/mol. The molecule has 0 N–H and O–H groups in total. The molecule has 0 bridgehead atoms. The SMILES string of the molecule is CC(=O)N1CCc2c(sc(C)c2CCN2CCC(c3nsc4cc(F)ccc34)CC2)C1. The van der Waals surface area contributed by atoms with E-state index in [1.807, 2.05) is 22.3 Å². The van der Waals surface area contributed by atoms with Crippen molar-refractivity contribution in [2.24, 2.45) is 0 Å². The third kappa shape index (κ3) is 4.15. The first kappa shape index (κ1) is 21.0. The molecular formula is C24H28FN3OS2. The molecule has 1 aromatic carbocycles. The number of amides is 1. The molecule has 0 saturated carbocycles. The summed E-state index contributed by atoms with van der Waals surface area (Å²) in [5, 5.41) is 1.13. The van der Waals surface area contributed by atoms with Gasteiger partial charge in [0.05, 0.1) is 16.9 Å². The van der Waals surface area contributed by atoms with Gasteiger partial charge < -0.3 is 9.80 Å². The monoisotopic (exact) mass is 457 g/mol. The summed E-state index contributed by atoms with van der Waals surface area (Å²) >= 11 is 3.30. The van der Waals surface area contributed by atoms with Crippen molar-refractivity contribution >= 4 is 38.9 Å². The summed E-state index contributed by atoms with van der Waals surface area (Å²) in [5.41, 5.74) is 4.20. The highest BCUT2D eigenvalue weighted by atomic mass is 32.1. The van der Waals surface area contributed by atoms with Gasteiger partial charge in [-0.25, -0.2) is 4.39 Å². The van der Waals surface area contributed by atoms with E-state index in [0.29, 0.717) is 5.92 Å². The number of fused-ring (bicyclic) bond motifs is 2. The molecule has 2 aliphatic heterocycles. The van der Waals surface area contributed by atoms with E-state index in [-0.39, 0.29) is 11.7 Å². The molecule has 4 nitrogen and oxygen atoms in total. The first-order valence-electron chi connectivity index (χ1n) is 11.1. The molecule has 31 heavy (non-hydrogen) atoms. The van der Waals surface area contributed by atoms with E-state index < -0.39 is 0 Å². The fourth-order valence-electron chi connectivity index (χ4n) is 5.13. The zero-order chi connectivity index (χ0) is 21.5. The Labute approximate surface area is 190 Å². The van der Waals surface area contributed by atoms with Gasteiger partial charge in [-0.05, 0) is 86.6 Å². The Kier molecular flexibility index (Phi) is 5.84. The van der Waals surface area contributed by atoms with E-state index in [2.05, 4.69) is 16.2 Å². The number of hydrogen-bond donors (Lipinski definition) is 0. The molecule has 0 radical (unpaired) electrons. The van der Waals surface area contributed by atoms with E-state index in [1.165, 1.54) is 32.4 Å². The summed E-state index contributed by atoms with van der Waals surface area (Å²) in [6, 6.07) is 5.05. The molecule has 0 spiro atoms. The Morgan fingerprint density at radius 3 is 2.84 bits per heavy atom. The Balaban J connectivity index is 1.20. The molecule has 0 aliphatic carbocycles. The molecule has 0 unspecified atom stereocenters. The normalized spacial score (nSPS) is 18.0. The van der Waals surface area contributed by atoms with Crippen LogP contribution < -0.4 is 0 Å². The van der Waals surface area contributed by atoms with Crippen LogP contribution in [0, 0.1) is 12.7 Å². The van der Waals surface area contributed by atoms with Crippen LogP contribution in [0.1, 0.15) is 52.3 Å². The van der Waals surface area contributed by atoms with Crippen LogP contribution in [-0.4, -0.2) is 46.3 Å². The quantitative estimate of drug-likeness (QED) is 0.545. The van der Waals surface area contributed by atoms with Gasteiger partial charge in [-0.15, -0.1) is 11.3 Å². The Morgan fingerprint density at radius 1 is 1.26 bits per heavy atom. The fraction of sp³-hybridized carbons (Fsp3) is 0.500. The van der Waals surface area contributed by atoms with Gasteiger partial charge in [0, 0.05) is 41.1 Å². The number of aryl methyl sites for hydroxylation is 1. The Bertz CT molecular complexity index is 1110. The second-order valence-electron chi connectivity index (χ2n) is 8.80. The number of rotatable bonds is 4. The van der Waals surface area contributed by atoms with E-state index in [9.17, 15) is 9.18 Å². The van der Waals surface area contributed by atoms with Crippen LogP contribution in [0.4, 0.5) is 4.39 Å². The fourth-order valence-corrected chi connectivity index (χ4v) is 7.29. The summed E-state index contributed by atoms with van der Waals surface area (Å²) < 4.78 is 19.1. The molecule has 1 fully saturated rings. The highest BCUT2D eigenvalue weighted by Crippen LogP contribution is 2.36. The summed E-state index contributed by atoms with van der Waals surface area (Å²) in [5.74, 6) is 0.472. The molecule has 4 heterocycles. The van der Waals surface area contributed by atoms with Crippen LogP contribution in [0.5, 0.6) is 0 Å². The van der Waals surface area contributed by atoms with Gasteiger partial charge in [-0.2, -0.15) is 4.37 Å². The van der Waals surface area contributed by atoms with Gasteiger partial charge >= 0.3 is 0 Å². The van der Waals surface area contributed by atoms with Gasteiger partial charge in [0.25, 0.3) is 0 Å². The summed E-state index contributed by atoms with van der Waals surface area (Å²) in [6.07, 6.45) is 4.32. The number of hydrogen-bond acceptors (Lipinski definition) is 5. The predicted molar refractivity (Wildman–Crippen MR) is 126 cm³/mol.